The predicted octanol–water partition coefficient (Wildman–Crippen LogP) is -0.0760. The SMILES string of the molecule is Cc1cccc(NC(=O)COC(=O)Cn2cnc3c2c(=O)n(C)c(=O)n3C)c1. The minimum Gasteiger partial charge on any atom is -0.454 e. The lowest BCUT2D eigenvalue weighted by Gasteiger charge is -2.08. The maximum atomic E-state index is 12.3. The third kappa shape index (κ3) is 3.70. The van der Waals surface area contributed by atoms with Crippen LogP contribution >= 0.6 is 0 Å². The summed E-state index contributed by atoms with van der Waals surface area (Å²) in [7, 11) is 2.82. The molecule has 0 bridgehead atoms. The number of imidazole rings is 1. The fraction of sp³-hybridized carbons (Fsp3) is 0.278. The van der Waals surface area contributed by atoms with Crippen LogP contribution in [0.2, 0.25) is 0 Å². The van der Waals surface area contributed by atoms with Gasteiger partial charge in [0, 0.05) is 19.8 Å². The van der Waals surface area contributed by atoms with E-state index in [4.69, 9.17) is 4.74 Å². The van der Waals surface area contributed by atoms with Crippen LogP contribution in [-0.2, 0) is 35.0 Å². The Hall–Kier alpha value is -3.69. The average molecular weight is 385 g/mol. The number of carbonyl (C=O) groups is 2. The molecule has 0 saturated carbocycles. The van der Waals surface area contributed by atoms with E-state index in [0.29, 0.717) is 5.69 Å². The Kier molecular flexibility index (Phi) is 5.12. The fourth-order valence-electron chi connectivity index (χ4n) is 2.77. The van der Waals surface area contributed by atoms with Crippen LogP contribution in [0, 0.1) is 6.92 Å². The van der Waals surface area contributed by atoms with E-state index >= 15 is 0 Å². The minimum atomic E-state index is -0.713. The van der Waals surface area contributed by atoms with E-state index in [9.17, 15) is 19.2 Å². The molecule has 1 N–H and O–H groups in total. The number of ether oxygens (including phenoxy) is 1. The second kappa shape index (κ2) is 7.51. The third-order valence-electron chi connectivity index (χ3n) is 4.18. The lowest BCUT2D eigenvalue weighted by Crippen LogP contribution is -2.37. The highest BCUT2D eigenvalue weighted by Crippen LogP contribution is 2.09. The van der Waals surface area contributed by atoms with Gasteiger partial charge in [-0.1, -0.05) is 12.1 Å². The smallest absolute Gasteiger partial charge is 0.332 e. The summed E-state index contributed by atoms with van der Waals surface area (Å²) >= 11 is 0. The number of fused-ring (bicyclic) bond motifs is 1. The van der Waals surface area contributed by atoms with Gasteiger partial charge in [0.2, 0.25) is 0 Å². The summed E-state index contributed by atoms with van der Waals surface area (Å²) in [6.45, 7) is 1.11. The molecular formula is C18H19N5O5. The number of aryl methyl sites for hydroxylation is 2. The van der Waals surface area contributed by atoms with Crippen LogP contribution in [0.25, 0.3) is 11.2 Å². The number of benzene rings is 1. The van der Waals surface area contributed by atoms with Crippen LogP contribution in [0.3, 0.4) is 0 Å². The van der Waals surface area contributed by atoms with Crippen molar-refractivity contribution in [2.75, 3.05) is 11.9 Å². The first-order valence-electron chi connectivity index (χ1n) is 8.41. The summed E-state index contributed by atoms with van der Waals surface area (Å²) in [5.74, 6) is -1.19. The zero-order chi connectivity index (χ0) is 20.4. The maximum Gasteiger partial charge on any atom is 0.332 e. The zero-order valence-electron chi connectivity index (χ0n) is 15.6. The van der Waals surface area contributed by atoms with Crippen molar-refractivity contribution in [3.8, 4) is 0 Å². The van der Waals surface area contributed by atoms with E-state index in [0.717, 1.165) is 10.1 Å². The van der Waals surface area contributed by atoms with E-state index in [1.165, 1.54) is 29.6 Å². The Labute approximate surface area is 159 Å². The van der Waals surface area contributed by atoms with Crippen molar-refractivity contribution in [1.29, 1.82) is 0 Å². The molecule has 0 fully saturated rings. The highest BCUT2D eigenvalue weighted by molar-refractivity contribution is 5.92. The molecule has 0 unspecified atom stereocenters. The standard InChI is InChI=1S/C18H19N5O5/c1-11-5-4-6-12(7-11)20-13(24)9-28-14(25)8-23-10-19-16-15(23)17(26)22(3)18(27)21(16)2/h4-7,10H,8-9H2,1-3H3,(H,20,24). The Morgan fingerprint density at radius 3 is 2.64 bits per heavy atom. The molecular weight excluding hydrogens is 366 g/mol. The Morgan fingerprint density at radius 1 is 1.18 bits per heavy atom. The monoisotopic (exact) mass is 385 g/mol. The van der Waals surface area contributed by atoms with E-state index in [1.54, 1.807) is 18.2 Å². The molecule has 0 aliphatic rings. The molecule has 28 heavy (non-hydrogen) atoms. The molecule has 10 heteroatoms. The first-order chi connectivity index (χ1) is 13.3. The number of aromatic nitrogens is 4. The average Bonchev–Trinajstić information content (AvgIpc) is 3.06. The van der Waals surface area contributed by atoms with Gasteiger partial charge in [-0.3, -0.25) is 23.5 Å². The van der Waals surface area contributed by atoms with Crippen LogP contribution in [0.15, 0.2) is 40.2 Å². The van der Waals surface area contributed by atoms with Crippen molar-refractivity contribution in [3.05, 3.63) is 57.0 Å². The quantitative estimate of drug-likeness (QED) is 0.614. The highest BCUT2D eigenvalue weighted by Gasteiger charge is 2.17. The first-order valence-corrected chi connectivity index (χ1v) is 8.41. The van der Waals surface area contributed by atoms with Gasteiger partial charge in [0.25, 0.3) is 11.5 Å². The molecule has 3 aromatic rings. The summed E-state index contributed by atoms with van der Waals surface area (Å²) in [6.07, 6.45) is 1.28. The van der Waals surface area contributed by atoms with Gasteiger partial charge in [-0.2, -0.15) is 0 Å². The number of nitrogens with one attached hydrogen (secondary N) is 1. The predicted molar refractivity (Wildman–Crippen MR) is 101 cm³/mol. The van der Waals surface area contributed by atoms with Gasteiger partial charge in [0.05, 0.1) is 6.33 Å². The van der Waals surface area contributed by atoms with Crippen molar-refractivity contribution in [2.24, 2.45) is 14.1 Å². The summed E-state index contributed by atoms with van der Waals surface area (Å²) in [5.41, 5.74) is 0.770. The van der Waals surface area contributed by atoms with Gasteiger partial charge < -0.3 is 14.6 Å². The van der Waals surface area contributed by atoms with Crippen molar-refractivity contribution >= 4 is 28.7 Å². The highest BCUT2D eigenvalue weighted by atomic mass is 16.5. The Morgan fingerprint density at radius 2 is 1.93 bits per heavy atom. The number of anilines is 1. The van der Waals surface area contributed by atoms with E-state index < -0.39 is 29.7 Å². The summed E-state index contributed by atoms with van der Waals surface area (Å²) in [5, 5.41) is 2.63. The fourth-order valence-corrected chi connectivity index (χ4v) is 2.77. The molecule has 146 valence electrons. The van der Waals surface area contributed by atoms with Crippen molar-refractivity contribution in [1.82, 2.24) is 18.7 Å². The lowest BCUT2D eigenvalue weighted by atomic mass is 10.2. The second-order valence-electron chi connectivity index (χ2n) is 6.33. The molecule has 0 aliphatic carbocycles. The van der Waals surface area contributed by atoms with E-state index in [2.05, 4.69) is 10.3 Å². The van der Waals surface area contributed by atoms with E-state index in [1.807, 2.05) is 13.0 Å². The zero-order valence-corrected chi connectivity index (χ0v) is 15.6. The first kappa shape index (κ1) is 19.1. The van der Waals surface area contributed by atoms with Crippen molar-refractivity contribution in [3.63, 3.8) is 0 Å². The number of hydrogen-bond acceptors (Lipinski definition) is 6. The van der Waals surface area contributed by atoms with Crippen molar-refractivity contribution in [2.45, 2.75) is 13.5 Å². The molecule has 0 atom stereocenters. The van der Waals surface area contributed by atoms with Crippen LogP contribution in [0.5, 0.6) is 0 Å². The second-order valence-corrected chi connectivity index (χ2v) is 6.33. The number of nitrogens with zero attached hydrogens (tertiary/aromatic N) is 4. The third-order valence-corrected chi connectivity index (χ3v) is 4.18. The number of carbonyl (C=O) groups excluding carboxylic acids is 2. The summed E-state index contributed by atoms with van der Waals surface area (Å²) < 4.78 is 8.41. The Bertz CT molecular complexity index is 1190. The topological polar surface area (TPSA) is 117 Å². The van der Waals surface area contributed by atoms with Gasteiger partial charge in [-0.15, -0.1) is 0 Å². The summed E-state index contributed by atoms with van der Waals surface area (Å²) in [4.78, 5) is 52.3. The molecule has 10 nitrogen and oxygen atoms in total. The molecule has 0 radical (unpaired) electrons. The molecule has 3 rings (SSSR count). The number of amides is 1. The molecule has 0 spiro atoms. The van der Waals surface area contributed by atoms with Crippen molar-refractivity contribution < 1.29 is 14.3 Å². The number of rotatable bonds is 5. The molecule has 2 aromatic heterocycles. The van der Waals surface area contributed by atoms with Gasteiger partial charge in [-0.05, 0) is 24.6 Å². The van der Waals surface area contributed by atoms with Crippen LogP contribution in [0.1, 0.15) is 5.56 Å². The molecule has 1 aromatic carbocycles. The molecule has 2 heterocycles. The number of hydrogen-bond donors (Lipinski definition) is 1. The van der Waals surface area contributed by atoms with Gasteiger partial charge in [0.15, 0.2) is 17.8 Å². The number of esters is 1. The van der Waals surface area contributed by atoms with Crippen LogP contribution in [-0.4, -0.2) is 37.2 Å². The van der Waals surface area contributed by atoms with Gasteiger partial charge in [0.1, 0.15) is 6.54 Å². The van der Waals surface area contributed by atoms with E-state index in [-0.39, 0.29) is 17.7 Å². The Balaban J connectivity index is 1.68. The van der Waals surface area contributed by atoms with Gasteiger partial charge in [-0.25, -0.2) is 9.78 Å². The lowest BCUT2D eigenvalue weighted by molar-refractivity contribution is -0.147. The molecule has 0 saturated heterocycles. The molecule has 1 amide bonds. The molecule has 0 aliphatic heterocycles. The maximum absolute atomic E-state index is 12.3. The van der Waals surface area contributed by atoms with Gasteiger partial charge >= 0.3 is 11.7 Å². The largest absolute Gasteiger partial charge is 0.454 e. The normalized spacial score (nSPS) is 10.8. The minimum absolute atomic E-state index is 0.103. The van der Waals surface area contributed by atoms with Crippen LogP contribution < -0.4 is 16.6 Å². The van der Waals surface area contributed by atoms with Crippen LogP contribution in [0.4, 0.5) is 5.69 Å². The summed E-state index contributed by atoms with van der Waals surface area (Å²) in [6, 6.07) is 7.21.